The van der Waals surface area contributed by atoms with Crippen molar-refractivity contribution in [1.82, 2.24) is 24.8 Å². The fourth-order valence-corrected chi connectivity index (χ4v) is 3.95. The van der Waals surface area contributed by atoms with Crippen LogP contribution in [0.1, 0.15) is 11.3 Å². The summed E-state index contributed by atoms with van der Waals surface area (Å²) in [5, 5.41) is 0. The third kappa shape index (κ3) is 4.85. The Morgan fingerprint density at radius 2 is 1.70 bits per heavy atom. The maximum Gasteiger partial charge on any atom is 0.204 e. The summed E-state index contributed by atoms with van der Waals surface area (Å²) in [6.07, 6.45) is 5.97. The van der Waals surface area contributed by atoms with Crippen LogP contribution in [-0.2, 0) is 4.79 Å². The van der Waals surface area contributed by atoms with E-state index in [4.69, 9.17) is 9.78 Å². The Kier molecular flexibility index (Phi) is 6.65. The molecule has 0 atom stereocenters. The van der Waals surface area contributed by atoms with Crippen LogP contribution >= 0.6 is 0 Å². The molecule has 1 saturated heterocycles. The van der Waals surface area contributed by atoms with Crippen molar-refractivity contribution in [2.75, 3.05) is 38.1 Å². The lowest BCUT2D eigenvalue weighted by Gasteiger charge is -2.34. The van der Waals surface area contributed by atoms with Crippen molar-refractivity contribution in [1.29, 1.82) is 0 Å². The molecule has 0 unspecified atom stereocenters. The van der Waals surface area contributed by atoms with Crippen molar-refractivity contribution in [3.63, 3.8) is 0 Å². The molecule has 1 aliphatic rings. The van der Waals surface area contributed by atoms with E-state index in [2.05, 4.69) is 74.8 Å². The number of hydrogen-bond acceptors (Lipinski definition) is 6. The maximum absolute atomic E-state index is 8.58. The summed E-state index contributed by atoms with van der Waals surface area (Å²) in [6, 6.07) is 10.8. The zero-order valence-corrected chi connectivity index (χ0v) is 19.2. The molecule has 33 heavy (non-hydrogen) atoms. The number of aromatic amines is 1. The first kappa shape index (κ1) is 22.4. The molecule has 4 heterocycles. The second-order valence-electron chi connectivity index (χ2n) is 8.25. The lowest BCUT2D eigenvalue weighted by molar-refractivity contribution is -0.106. The standard InChI is InChI=1S/C24H26N6.CH3NO/c1-16-12-19(13-25-17(16)2)21-14-26-24-23(21)28-22(15-27-24)18-4-6-20(7-5-18)30-10-8-29(3)9-11-30;2-1-3/h4-7,12-15H,8-11H2,1-3H3,(H,26,27);1H,(H2,2,3). The molecule has 8 heteroatoms. The van der Waals surface area contributed by atoms with E-state index in [0.29, 0.717) is 0 Å². The van der Waals surface area contributed by atoms with Gasteiger partial charge in [-0.2, -0.15) is 0 Å². The Balaban J connectivity index is 0.000000821. The first-order valence-corrected chi connectivity index (χ1v) is 11.0. The number of nitrogens with one attached hydrogen (secondary N) is 1. The van der Waals surface area contributed by atoms with Gasteiger partial charge in [-0.3, -0.25) is 9.78 Å². The molecule has 0 bridgehead atoms. The molecule has 1 aliphatic heterocycles. The summed E-state index contributed by atoms with van der Waals surface area (Å²) in [7, 11) is 2.18. The second-order valence-corrected chi connectivity index (χ2v) is 8.25. The van der Waals surface area contributed by atoms with Crippen LogP contribution in [0.15, 0.2) is 48.9 Å². The largest absolute Gasteiger partial charge is 0.372 e. The van der Waals surface area contributed by atoms with E-state index in [0.717, 1.165) is 65.4 Å². The van der Waals surface area contributed by atoms with Gasteiger partial charge in [-0.05, 0) is 44.7 Å². The van der Waals surface area contributed by atoms with Gasteiger partial charge in [0, 0.05) is 66.6 Å². The molecule has 5 rings (SSSR count). The van der Waals surface area contributed by atoms with Crippen molar-refractivity contribution < 1.29 is 4.79 Å². The van der Waals surface area contributed by atoms with Crippen LogP contribution in [0.2, 0.25) is 0 Å². The molecular formula is C25H29N7O. The molecule has 0 aliphatic carbocycles. The highest BCUT2D eigenvalue weighted by Crippen LogP contribution is 2.29. The molecule has 8 nitrogen and oxygen atoms in total. The molecule has 3 N–H and O–H groups in total. The lowest BCUT2D eigenvalue weighted by Crippen LogP contribution is -2.44. The molecule has 0 saturated carbocycles. The molecule has 1 fully saturated rings. The molecule has 3 aromatic heterocycles. The highest BCUT2D eigenvalue weighted by Gasteiger charge is 2.15. The Morgan fingerprint density at radius 1 is 1.00 bits per heavy atom. The van der Waals surface area contributed by atoms with Gasteiger partial charge in [-0.15, -0.1) is 0 Å². The maximum atomic E-state index is 8.58. The van der Waals surface area contributed by atoms with Crippen LogP contribution in [0.5, 0.6) is 0 Å². The topological polar surface area (TPSA) is 104 Å². The van der Waals surface area contributed by atoms with E-state index in [9.17, 15) is 0 Å². The monoisotopic (exact) mass is 443 g/mol. The van der Waals surface area contributed by atoms with E-state index >= 15 is 0 Å². The molecule has 0 radical (unpaired) electrons. The van der Waals surface area contributed by atoms with Gasteiger partial charge in [0.15, 0.2) is 5.65 Å². The number of piperazine rings is 1. The minimum Gasteiger partial charge on any atom is -0.372 e. The van der Waals surface area contributed by atoms with Gasteiger partial charge < -0.3 is 20.5 Å². The van der Waals surface area contributed by atoms with Gasteiger partial charge in [0.05, 0.1) is 11.9 Å². The molecule has 0 spiro atoms. The van der Waals surface area contributed by atoms with Crippen LogP contribution < -0.4 is 10.6 Å². The first-order chi connectivity index (χ1) is 16.0. The number of aryl methyl sites for hydroxylation is 2. The van der Waals surface area contributed by atoms with Crippen molar-refractivity contribution in [3.05, 3.63) is 60.2 Å². The zero-order chi connectivity index (χ0) is 23.4. The number of primary amides is 1. The minimum absolute atomic E-state index is 0.250. The molecule has 170 valence electrons. The highest BCUT2D eigenvalue weighted by atomic mass is 16.1. The molecule has 1 amide bonds. The SMILES string of the molecule is Cc1cc(-c2c[nH]c3ncc(-c4ccc(N5CCN(C)CC5)cc4)nc23)cnc1C.NC=O. The number of hydrogen-bond donors (Lipinski definition) is 2. The van der Waals surface area contributed by atoms with Crippen LogP contribution in [-0.4, -0.2) is 64.5 Å². The minimum atomic E-state index is 0.250. The van der Waals surface area contributed by atoms with Gasteiger partial charge in [0.25, 0.3) is 0 Å². The van der Waals surface area contributed by atoms with Crippen LogP contribution in [0.4, 0.5) is 5.69 Å². The summed E-state index contributed by atoms with van der Waals surface area (Å²) in [4.78, 5) is 30.7. The van der Waals surface area contributed by atoms with Crippen LogP contribution in [0.25, 0.3) is 33.5 Å². The number of carbonyl (C=O) groups excluding carboxylic acids is 1. The van der Waals surface area contributed by atoms with Gasteiger partial charge in [0.2, 0.25) is 6.41 Å². The second kappa shape index (κ2) is 9.79. The average molecular weight is 444 g/mol. The number of likely N-dealkylation sites (N-methyl/N-ethyl adjacent to an activating group) is 1. The number of aromatic nitrogens is 4. The van der Waals surface area contributed by atoms with Crippen molar-refractivity contribution in [2.24, 2.45) is 5.73 Å². The van der Waals surface area contributed by atoms with Crippen LogP contribution in [0.3, 0.4) is 0 Å². The number of nitrogens with two attached hydrogens (primary N) is 1. The lowest BCUT2D eigenvalue weighted by atomic mass is 10.1. The zero-order valence-electron chi connectivity index (χ0n) is 19.2. The van der Waals surface area contributed by atoms with E-state index < -0.39 is 0 Å². The van der Waals surface area contributed by atoms with Gasteiger partial charge in [-0.1, -0.05) is 12.1 Å². The number of H-pyrrole nitrogens is 1. The highest BCUT2D eigenvalue weighted by molar-refractivity contribution is 5.91. The molecule has 1 aromatic carbocycles. The number of pyridine rings is 1. The van der Waals surface area contributed by atoms with E-state index in [1.165, 1.54) is 11.3 Å². The quantitative estimate of drug-likeness (QED) is 0.472. The van der Waals surface area contributed by atoms with E-state index in [1.807, 2.05) is 25.5 Å². The van der Waals surface area contributed by atoms with Gasteiger partial charge >= 0.3 is 0 Å². The Labute approximate surface area is 193 Å². The predicted molar refractivity (Wildman–Crippen MR) is 132 cm³/mol. The summed E-state index contributed by atoms with van der Waals surface area (Å²) in [6.45, 7) is 8.45. The van der Waals surface area contributed by atoms with Crippen molar-refractivity contribution >= 4 is 23.3 Å². The van der Waals surface area contributed by atoms with Gasteiger partial charge in [-0.25, -0.2) is 9.97 Å². The summed E-state index contributed by atoms with van der Waals surface area (Å²) in [5.74, 6) is 0. The van der Waals surface area contributed by atoms with Crippen LogP contribution in [0, 0.1) is 13.8 Å². The first-order valence-electron chi connectivity index (χ1n) is 11.0. The van der Waals surface area contributed by atoms with Gasteiger partial charge in [0.1, 0.15) is 5.52 Å². The summed E-state index contributed by atoms with van der Waals surface area (Å²) >= 11 is 0. The van der Waals surface area contributed by atoms with Crippen molar-refractivity contribution in [2.45, 2.75) is 13.8 Å². The third-order valence-electron chi connectivity index (χ3n) is 6.06. The average Bonchev–Trinajstić information content (AvgIpc) is 3.25. The molecule has 4 aromatic rings. The number of carbonyl (C=O) groups is 1. The Hall–Kier alpha value is -3.78. The third-order valence-corrected chi connectivity index (χ3v) is 6.06. The van der Waals surface area contributed by atoms with Crippen molar-refractivity contribution in [3.8, 4) is 22.4 Å². The Bertz CT molecular complexity index is 1240. The number of amides is 1. The number of fused-ring (bicyclic) bond motifs is 1. The van der Waals surface area contributed by atoms with E-state index in [-0.39, 0.29) is 6.41 Å². The smallest absolute Gasteiger partial charge is 0.204 e. The number of benzene rings is 1. The number of anilines is 1. The Morgan fingerprint density at radius 3 is 2.36 bits per heavy atom. The fourth-order valence-electron chi connectivity index (χ4n) is 3.95. The summed E-state index contributed by atoms with van der Waals surface area (Å²) in [5.41, 5.74) is 13.4. The summed E-state index contributed by atoms with van der Waals surface area (Å²) < 4.78 is 0. The number of nitrogens with zero attached hydrogens (tertiary/aromatic N) is 5. The number of rotatable bonds is 3. The predicted octanol–water partition coefficient (Wildman–Crippen LogP) is 3.16. The fraction of sp³-hybridized carbons (Fsp3) is 0.280. The molecular weight excluding hydrogens is 414 g/mol. The van der Waals surface area contributed by atoms with E-state index in [1.54, 1.807) is 0 Å². The normalized spacial score (nSPS) is 14.1.